The fourth-order valence-electron chi connectivity index (χ4n) is 5.96. The summed E-state index contributed by atoms with van der Waals surface area (Å²) in [5.41, 5.74) is 0.769. The van der Waals surface area contributed by atoms with E-state index in [0.29, 0.717) is 22.8 Å². The van der Waals surface area contributed by atoms with Crippen LogP contribution in [-0.4, -0.2) is 34.8 Å². The number of rotatable bonds is 23. The minimum absolute atomic E-state index is 0.0454. The molecule has 0 saturated heterocycles. The summed E-state index contributed by atoms with van der Waals surface area (Å²) in [7, 11) is -4.72. The predicted molar refractivity (Wildman–Crippen MR) is 200 cm³/mol. The molecule has 0 spiro atoms. The number of thioether (sulfide) groups is 1. The van der Waals surface area contributed by atoms with Gasteiger partial charge in [0.2, 0.25) is 0 Å². The average molecular weight is 724 g/mol. The second-order valence-corrected chi connectivity index (χ2v) is 15.3. The highest BCUT2D eigenvalue weighted by molar-refractivity contribution is 8.01. The first kappa shape index (κ1) is 39.1. The van der Waals surface area contributed by atoms with Crippen molar-refractivity contribution >= 4 is 44.9 Å². The lowest BCUT2D eigenvalue weighted by Crippen LogP contribution is -2.29. The highest BCUT2D eigenvalue weighted by Crippen LogP contribution is 2.37. The number of para-hydroxylation sites is 1. The zero-order chi connectivity index (χ0) is 35.8. The van der Waals surface area contributed by atoms with Crippen molar-refractivity contribution in [3.8, 4) is 11.5 Å². The molecule has 1 atom stereocenters. The van der Waals surface area contributed by atoms with Gasteiger partial charge >= 0.3 is 0 Å². The molecule has 270 valence electrons. The standard InChI is InChI=1S/C38H49N3O7S2/c1-2-3-4-5-6-7-8-9-10-11-12-13-14-15-19-22-34-37(49-33-26-23-30(24-27-33)41(43)44)38(42)40(39-34)31-25-28-35(36(29-31)50(45,46)47)48-32-20-17-16-18-21-32/h16-18,20-21,23-29,37H,2-15,19,22H2,1H3,(H,45,46,47)/t37-/m1/s1. The summed E-state index contributed by atoms with van der Waals surface area (Å²) in [6, 6.07) is 18.7. The van der Waals surface area contributed by atoms with E-state index in [0.717, 1.165) is 19.3 Å². The van der Waals surface area contributed by atoms with Gasteiger partial charge in [0.15, 0.2) is 0 Å². The lowest BCUT2D eigenvalue weighted by atomic mass is 10.0. The van der Waals surface area contributed by atoms with E-state index in [-0.39, 0.29) is 23.0 Å². The molecule has 1 heterocycles. The van der Waals surface area contributed by atoms with Gasteiger partial charge in [-0.05, 0) is 55.3 Å². The van der Waals surface area contributed by atoms with Crippen molar-refractivity contribution in [3.63, 3.8) is 0 Å². The molecule has 0 aromatic heterocycles. The molecule has 0 fully saturated rings. The third-order valence-electron chi connectivity index (χ3n) is 8.72. The summed E-state index contributed by atoms with van der Waals surface area (Å²) in [5, 5.41) is 16.3. The van der Waals surface area contributed by atoms with E-state index in [1.807, 2.05) is 0 Å². The van der Waals surface area contributed by atoms with Crippen LogP contribution in [0.4, 0.5) is 11.4 Å². The minimum atomic E-state index is -4.72. The number of hydrogen-bond donors (Lipinski definition) is 1. The number of nitro benzene ring substituents is 1. The Morgan fingerprint density at radius 1 is 0.820 bits per heavy atom. The molecule has 1 aliphatic heterocycles. The highest BCUT2D eigenvalue weighted by atomic mass is 32.2. The van der Waals surface area contributed by atoms with Gasteiger partial charge in [-0.1, -0.05) is 115 Å². The van der Waals surface area contributed by atoms with Crippen LogP contribution < -0.4 is 9.75 Å². The van der Waals surface area contributed by atoms with E-state index in [4.69, 9.17) is 4.74 Å². The number of amides is 1. The number of benzene rings is 3. The fraction of sp³-hybridized carbons (Fsp3) is 0.474. The molecule has 1 amide bonds. The first-order valence-corrected chi connectivity index (χ1v) is 20.2. The zero-order valence-corrected chi connectivity index (χ0v) is 30.5. The maximum absolute atomic E-state index is 13.8. The number of unbranched alkanes of at least 4 members (excludes halogenated alkanes) is 14. The van der Waals surface area contributed by atoms with Crippen molar-refractivity contribution in [2.24, 2.45) is 5.10 Å². The van der Waals surface area contributed by atoms with Gasteiger partial charge in [-0.3, -0.25) is 19.5 Å². The largest absolute Gasteiger partial charge is 0.456 e. The number of hydrogen-bond acceptors (Lipinski definition) is 8. The normalized spacial score (nSPS) is 14.6. The van der Waals surface area contributed by atoms with Crippen LogP contribution >= 0.6 is 11.8 Å². The molecule has 0 aliphatic carbocycles. The SMILES string of the molecule is CCCCCCCCCCCCCCCCCC1=NN(c2ccc(Oc3ccccc3)c(S(=O)(=O)O)c2)C(=O)[C@@H]1Sc1ccc([N+](=O)[O-])cc1. The number of nitrogens with zero attached hydrogens (tertiary/aromatic N) is 3. The molecule has 0 saturated carbocycles. The smallest absolute Gasteiger partial charge is 0.298 e. The van der Waals surface area contributed by atoms with Gasteiger partial charge in [-0.2, -0.15) is 18.5 Å². The molecule has 0 unspecified atom stereocenters. The number of non-ortho nitro benzene ring substituents is 1. The first-order chi connectivity index (χ1) is 24.2. The van der Waals surface area contributed by atoms with E-state index in [1.54, 1.807) is 42.5 Å². The fourth-order valence-corrected chi connectivity index (χ4v) is 7.66. The lowest BCUT2D eigenvalue weighted by Gasteiger charge is -2.17. The predicted octanol–water partition coefficient (Wildman–Crippen LogP) is 10.8. The molecule has 3 aromatic rings. The number of carbonyl (C=O) groups is 1. The van der Waals surface area contributed by atoms with Crippen LogP contribution in [0.15, 0.2) is 87.7 Å². The van der Waals surface area contributed by atoms with E-state index in [9.17, 15) is 27.9 Å². The molecular weight excluding hydrogens is 675 g/mol. The number of ether oxygens (including phenoxy) is 1. The second-order valence-electron chi connectivity index (χ2n) is 12.7. The molecule has 3 aromatic carbocycles. The van der Waals surface area contributed by atoms with Crippen molar-refractivity contribution in [3.05, 3.63) is 82.9 Å². The van der Waals surface area contributed by atoms with Gasteiger partial charge in [0.25, 0.3) is 21.7 Å². The second kappa shape index (κ2) is 20.2. The van der Waals surface area contributed by atoms with Crippen molar-refractivity contribution in [2.75, 3.05) is 5.01 Å². The molecule has 0 bridgehead atoms. The molecule has 50 heavy (non-hydrogen) atoms. The van der Waals surface area contributed by atoms with Crippen LogP contribution in [0.2, 0.25) is 0 Å². The topological polar surface area (TPSA) is 139 Å². The Hall–Kier alpha value is -3.74. The van der Waals surface area contributed by atoms with Crippen molar-refractivity contribution in [2.45, 2.75) is 125 Å². The monoisotopic (exact) mass is 723 g/mol. The Kier molecular flexibility index (Phi) is 15.8. The minimum Gasteiger partial charge on any atom is -0.456 e. The summed E-state index contributed by atoms with van der Waals surface area (Å²) in [5.74, 6) is -0.0824. The van der Waals surface area contributed by atoms with Crippen LogP contribution in [0.25, 0.3) is 0 Å². The summed E-state index contributed by atoms with van der Waals surface area (Å²) in [4.78, 5) is 24.7. The van der Waals surface area contributed by atoms with Crippen LogP contribution in [-0.2, 0) is 14.9 Å². The quantitative estimate of drug-likeness (QED) is 0.0441. The molecule has 1 N–H and O–H groups in total. The Bertz CT molecular complexity index is 1670. The van der Waals surface area contributed by atoms with Gasteiger partial charge in [-0.15, -0.1) is 11.8 Å². The van der Waals surface area contributed by atoms with Crippen molar-refractivity contribution in [1.82, 2.24) is 0 Å². The van der Waals surface area contributed by atoms with Crippen LogP contribution in [0.3, 0.4) is 0 Å². The maximum atomic E-state index is 13.8. The Balaban J connectivity index is 1.36. The summed E-state index contributed by atoms with van der Waals surface area (Å²) >= 11 is 1.25. The molecule has 0 radical (unpaired) electrons. The summed E-state index contributed by atoms with van der Waals surface area (Å²) < 4.78 is 40.6. The van der Waals surface area contributed by atoms with Crippen LogP contribution in [0, 0.1) is 10.1 Å². The number of hydrazone groups is 1. The molecule has 10 nitrogen and oxygen atoms in total. The third-order valence-corrected chi connectivity index (χ3v) is 10.9. The molecule has 1 aliphatic rings. The molecular formula is C38H49N3O7S2. The van der Waals surface area contributed by atoms with E-state index in [1.165, 1.54) is 124 Å². The summed E-state index contributed by atoms with van der Waals surface area (Å²) in [6.07, 6.45) is 19.2. The van der Waals surface area contributed by atoms with Gasteiger partial charge in [-0.25, -0.2) is 0 Å². The lowest BCUT2D eigenvalue weighted by molar-refractivity contribution is -0.384. The molecule has 4 rings (SSSR count). The van der Waals surface area contributed by atoms with Crippen LogP contribution in [0.1, 0.15) is 110 Å². The van der Waals surface area contributed by atoms with Gasteiger partial charge in [0.05, 0.1) is 16.3 Å². The van der Waals surface area contributed by atoms with Crippen LogP contribution in [0.5, 0.6) is 11.5 Å². The number of anilines is 1. The van der Waals surface area contributed by atoms with E-state index in [2.05, 4.69) is 12.0 Å². The van der Waals surface area contributed by atoms with Gasteiger partial charge in [0, 0.05) is 17.0 Å². The first-order valence-electron chi connectivity index (χ1n) is 17.8. The van der Waals surface area contributed by atoms with Gasteiger partial charge in [0.1, 0.15) is 21.6 Å². The Morgan fingerprint density at radius 2 is 1.38 bits per heavy atom. The number of carbonyl (C=O) groups excluding carboxylic acids is 1. The highest BCUT2D eigenvalue weighted by Gasteiger charge is 2.38. The Labute approximate surface area is 300 Å². The Morgan fingerprint density at radius 3 is 1.92 bits per heavy atom. The summed E-state index contributed by atoms with van der Waals surface area (Å²) in [6.45, 7) is 2.25. The third kappa shape index (κ3) is 12.2. The van der Waals surface area contributed by atoms with Crippen molar-refractivity contribution < 1.29 is 27.4 Å². The van der Waals surface area contributed by atoms with E-state index >= 15 is 0 Å². The maximum Gasteiger partial charge on any atom is 0.298 e. The number of nitro groups is 1. The molecule has 12 heteroatoms. The average Bonchev–Trinajstić information content (AvgIpc) is 3.40. The van der Waals surface area contributed by atoms with Crippen molar-refractivity contribution in [1.29, 1.82) is 0 Å². The van der Waals surface area contributed by atoms with E-state index < -0.39 is 25.2 Å². The van der Waals surface area contributed by atoms with Gasteiger partial charge < -0.3 is 4.74 Å². The zero-order valence-electron chi connectivity index (χ0n) is 28.9.